The van der Waals surface area contributed by atoms with Crippen molar-refractivity contribution in [3.8, 4) is 11.1 Å². The van der Waals surface area contributed by atoms with Gasteiger partial charge in [-0.05, 0) is 84.6 Å². The van der Waals surface area contributed by atoms with E-state index in [9.17, 15) is 18.0 Å². The van der Waals surface area contributed by atoms with Crippen LogP contribution in [0.15, 0.2) is 97.2 Å². The maximum absolute atomic E-state index is 13.1. The van der Waals surface area contributed by atoms with Crippen LogP contribution in [-0.4, -0.2) is 15.9 Å². The lowest BCUT2D eigenvalue weighted by Crippen LogP contribution is -2.27. The van der Waals surface area contributed by atoms with Crippen LogP contribution in [-0.2, 0) is 6.18 Å². The number of rotatable bonds is 6. The number of para-hydroxylation sites is 1. The Balaban J connectivity index is 1.36. The molecule has 0 fully saturated rings. The molecule has 0 radical (unpaired) electrons. The van der Waals surface area contributed by atoms with Gasteiger partial charge in [0.15, 0.2) is 0 Å². The lowest BCUT2D eigenvalue weighted by atomic mass is 9.95. The number of carbonyl (C=O) groups excluding carboxylic acids is 1. The molecular formula is C31H25F3N4O. The summed E-state index contributed by atoms with van der Waals surface area (Å²) in [6, 6.07) is 25.5. The fourth-order valence-electron chi connectivity index (χ4n) is 4.33. The Labute approximate surface area is 223 Å². The highest BCUT2D eigenvalue weighted by Gasteiger charge is 2.31. The van der Waals surface area contributed by atoms with Gasteiger partial charge in [-0.3, -0.25) is 4.79 Å². The molecule has 0 spiro atoms. The smallest absolute Gasteiger partial charge is 0.346 e. The third kappa shape index (κ3) is 5.90. The molecule has 196 valence electrons. The van der Waals surface area contributed by atoms with E-state index in [1.54, 1.807) is 13.1 Å². The van der Waals surface area contributed by atoms with Crippen LogP contribution in [0.1, 0.15) is 40.0 Å². The van der Waals surface area contributed by atoms with Gasteiger partial charge >= 0.3 is 6.18 Å². The molecule has 8 heteroatoms. The standard InChI is InChI=1S/C31H25F3N4O/c1-19-11-12-21(20(2)36-29(39)23-7-6-8-25(16-23)31(32,33)34)17-27(19)22-13-14-28-24(15-22)18-35-30(38-28)37-26-9-4-3-5-10-26/h3-18,20H,1-2H3,(H,36,39)(H,35,37,38). The van der Waals surface area contributed by atoms with E-state index in [0.717, 1.165) is 51.0 Å². The third-order valence-electron chi connectivity index (χ3n) is 6.48. The summed E-state index contributed by atoms with van der Waals surface area (Å²) in [5, 5.41) is 6.89. The number of carbonyl (C=O) groups is 1. The predicted octanol–water partition coefficient (Wildman–Crippen LogP) is 7.86. The van der Waals surface area contributed by atoms with Crippen molar-refractivity contribution in [3.05, 3.63) is 119 Å². The van der Waals surface area contributed by atoms with E-state index in [1.807, 2.05) is 73.7 Å². The van der Waals surface area contributed by atoms with Gasteiger partial charge in [0.2, 0.25) is 5.95 Å². The monoisotopic (exact) mass is 526 g/mol. The Morgan fingerprint density at radius 2 is 1.69 bits per heavy atom. The summed E-state index contributed by atoms with van der Waals surface area (Å²) in [6.45, 7) is 3.80. The van der Waals surface area contributed by atoms with Gasteiger partial charge in [-0.15, -0.1) is 0 Å². The summed E-state index contributed by atoms with van der Waals surface area (Å²) in [5.74, 6) is -0.0662. The normalized spacial score (nSPS) is 12.2. The molecule has 2 N–H and O–H groups in total. The average molecular weight is 527 g/mol. The minimum Gasteiger partial charge on any atom is -0.346 e. The van der Waals surface area contributed by atoms with Crippen LogP contribution >= 0.6 is 0 Å². The number of aryl methyl sites for hydroxylation is 1. The van der Waals surface area contributed by atoms with Gasteiger partial charge in [-0.2, -0.15) is 13.2 Å². The molecule has 0 saturated carbocycles. The number of halogens is 3. The van der Waals surface area contributed by atoms with Crippen LogP contribution in [0.25, 0.3) is 22.0 Å². The second-order valence-electron chi connectivity index (χ2n) is 9.31. The van der Waals surface area contributed by atoms with Crippen molar-refractivity contribution in [2.45, 2.75) is 26.1 Å². The Morgan fingerprint density at radius 1 is 0.897 bits per heavy atom. The minimum atomic E-state index is -4.52. The van der Waals surface area contributed by atoms with E-state index in [0.29, 0.717) is 5.95 Å². The zero-order chi connectivity index (χ0) is 27.6. The largest absolute Gasteiger partial charge is 0.416 e. The van der Waals surface area contributed by atoms with Gasteiger partial charge < -0.3 is 10.6 Å². The number of amides is 1. The molecule has 1 atom stereocenters. The van der Waals surface area contributed by atoms with Crippen molar-refractivity contribution in [2.24, 2.45) is 0 Å². The Kier molecular flexibility index (Phi) is 7.02. The molecule has 1 amide bonds. The van der Waals surface area contributed by atoms with Crippen LogP contribution in [0.3, 0.4) is 0 Å². The number of nitrogens with one attached hydrogen (secondary N) is 2. The van der Waals surface area contributed by atoms with Crippen molar-refractivity contribution < 1.29 is 18.0 Å². The number of aromatic nitrogens is 2. The molecular weight excluding hydrogens is 501 g/mol. The van der Waals surface area contributed by atoms with Crippen LogP contribution in [0.2, 0.25) is 0 Å². The minimum absolute atomic E-state index is 0.0420. The zero-order valence-corrected chi connectivity index (χ0v) is 21.3. The van der Waals surface area contributed by atoms with Crippen molar-refractivity contribution >= 4 is 28.4 Å². The third-order valence-corrected chi connectivity index (χ3v) is 6.48. The second kappa shape index (κ2) is 10.6. The van der Waals surface area contributed by atoms with E-state index < -0.39 is 23.7 Å². The molecule has 0 aliphatic heterocycles. The molecule has 5 nitrogen and oxygen atoms in total. The number of hydrogen-bond donors (Lipinski definition) is 2. The highest BCUT2D eigenvalue weighted by atomic mass is 19.4. The number of anilines is 2. The number of hydrogen-bond acceptors (Lipinski definition) is 4. The van der Waals surface area contributed by atoms with E-state index in [1.165, 1.54) is 12.1 Å². The van der Waals surface area contributed by atoms with E-state index >= 15 is 0 Å². The van der Waals surface area contributed by atoms with Gasteiger partial charge in [0.05, 0.1) is 17.1 Å². The second-order valence-corrected chi connectivity index (χ2v) is 9.31. The summed E-state index contributed by atoms with van der Waals surface area (Å²) in [6.07, 6.45) is -2.74. The summed E-state index contributed by atoms with van der Waals surface area (Å²) >= 11 is 0. The average Bonchev–Trinajstić information content (AvgIpc) is 2.93. The van der Waals surface area contributed by atoms with Crippen molar-refractivity contribution in [1.29, 1.82) is 0 Å². The lowest BCUT2D eigenvalue weighted by molar-refractivity contribution is -0.137. The molecule has 0 aliphatic rings. The molecule has 0 aliphatic carbocycles. The molecule has 5 aromatic rings. The van der Waals surface area contributed by atoms with Gasteiger partial charge in [0, 0.05) is 22.8 Å². The van der Waals surface area contributed by atoms with Crippen molar-refractivity contribution in [1.82, 2.24) is 15.3 Å². The predicted molar refractivity (Wildman–Crippen MR) is 147 cm³/mol. The first-order valence-corrected chi connectivity index (χ1v) is 12.4. The number of alkyl halides is 3. The fourth-order valence-corrected chi connectivity index (χ4v) is 4.33. The quantitative estimate of drug-likeness (QED) is 0.236. The summed E-state index contributed by atoms with van der Waals surface area (Å²) < 4.78 is 39.2. The SMILES string of the molecule is Cc1ccc(C(C)NC(=O)c2cccc(C(F)(F)F)c2)cc1-c1ccc2nc(Nc3ccccc3)ncc2c1. The lowest BCUT2D eigenvalue weighted by Gasteiger charge is -2.17. The Morgan fingerprint density at radius 3 is 2.46 bits per heavy atom. The molecule has 1 aromatic heterocycles. The number of fused-ring (bicyclic) bond motifs is 1. The van der Waals surface area contributed by atoms with Gasteiger partial charge in [0.1, 0.15) is 0 Å². The van der Waals surface area contributed by atoms with Gasteiger partial charge in [0.25, 0.3) is 5.91 Å². The molecule has 39 heavy (non-hydrogen) atoms. The molecule has 1 heterocycles. The molecule has 5 rings (SSSR count). The molecule has 0 saturated heterocycles. The summed E-state index contributed by atoms with van der Waals surface area (Å²) in [4.78, 5) is 21.8. The van der Waals surface area contributed by atoms with Crippen LogP contribution in [0.4, 0.5) is 24.8 Å². The number of nitrogens with zero attached hydrogens (tertiary/aromatic N) is 2. The molecule has 1 unspecified atom stereocenters. The maximum Gasteiger partial charge on any atom is 0.416 e. The zero-order valence-electron chi connectivity index (χ0n) is 21.3. The van der Waals surface area contributed by atoms with Crippen LogP contribution < -0.4 is 10.6 Å². The number of benzene rings is 4. The van der Waals surface area contributed by atoms with Crippen molar-refractivity contribution in [3.63, 3.8) is 0 Å². The topological polar surface area (TPSA) is 66.9 Å². The maximum atomic E-state index is 13.1. The van der Waals surface area contributed by atoms with Gasteiger partial charge in [-0.25, -0.2) is 9.97 Å². The Hall–Kier alpha value is -4.72. The Bertz CT molecular complexity index is 1650. The molecule has 4 aromatic carbocycles. The van der Waals surface area contributed by atoms with E-state index in [2.05, 4.69) is 20.6 Å². The first-order valence-electron chi connectivity index (χ1n) is 12.4. The van der Waals surface area contributed by atoms with Crippen LogP contribution in [0, 0.1) is 6.92 Å². The molecule has 0 bridgehead atoms. The summed E-state index contributed by atoms with van der Waals surface area (Å²) in [7, 11) is 0. The van der Waals surface area contributed by atoms with Gasteiger partial charge in [-0.1, -0.05) is 42.5 Å². The fraction of sp³-hybridized carbons (Fsp3) is 0.129. The summed E-state index contributed by atoms with van der Waals surface area (Å²) in [5.41, 5.74) is 4.60. The van der Waals surface area contributed by atoms with E-state index in [-0.39, 0.29) is 5.56 Å². The van der Waals surface area contributed by atoms with E-state index in [4.69, 9.17) is 0 Å². The van der Waals surface area contributed by atoms with Crippen molar-refractivity contribution in [2.75, 3.05) is 5.32 Å². The first kappa shape index (κ1) is 25.9. The first-order chi connectivity index (χ1) is 18.7. The highest BCUT2D eigenvalue weighted by molar-refractivity contribution is 5.94. The highest BCUT2D eigenvalue weighted by Crippen LogP contribution is 2.31. The van der Waals surface area contributed by atoms with Crippen LogP contribution in [0.5, 0.6) is 0 Å².